The number of halogens is 1. The molecule has 0 saturated carbocycles. The van der Waals surface area contributed by atoms with Crippen molar-refractivity contribution >= 4 is 29.2 Å². The molecule has 9 heteroatoms. The van der Waals surface area contributed by atoms with Gasteiger partial charge < -0.3 is 10.1 Å². The smallest absolute Gasteiger partial charge is 0.329 e. The summed E-state index contributed by atoms with van der Waals surface area (Å²) < 4.78 is 5.28. The van der Waals surface area contributed by atoms with Crippen LogP contribution in [-0.2, 0) is 16.1 Å². The van der Waals surface area contributed by atoms with E-state index in [0.29, 0.717) is 11.1 Å². The lowest BCUT2D eigenvalue weighted by atomic mass is 10.0. The number of carbonyl (C=O) groups excluding carboxylic acids is 2. The van der Waals surface area contributed by atoms with E-state index in [1.165, 1.54) is 6.07 Å². The molecule has 0 aliphatic rings. The molecule has 29 heavy (non-hydrogen) atoms. The number of carbonyl (C=O) groups is 2. The van der Waals surface area contributed by atoms with Crippen LogP contribution in [0.1, 0.15) is 35.3 Å². The molecule has 1 atom stereocenters. The van der Waals surface area contributed by atoms with Crippen LogP contribution in [0.2, 0.25) is 5.02 Å². The Morgan fingerprint density at radius 3 is 2.41 bits per heavy atom. The number of nitrogens with one attached hydrogen (secondary N) is 1. The summed E-state index contributed by atoms with van der Waals surface area (Å²) in [5.41, 5.74) is 0.966. The van der Waals surface area contributed by atoms with Gasteiger partial charge in [0.1, 0.15) is 12.6 Å². The lowest BCUT2D eigenvalue weighted by molar-refractivity contribution is -0.384. The van der Waals surface area contributed by atoms with Gasteiger partial charge in [-0.05, 0) is 29.7 Å². The van der Waals surface area contributed by atoms with Gasteiger partial charge in [0.15, 0.2) is 0 Å². The molecular formula is C20H18ClN3O5. The zero-order valence-electron chi connectivity index (χ0n) is 15.7. The summed E-state index contributed by atoms with van der Waals surface area (Å²) >= 11 is 5.97. The minimum atomic E-state index is -0.938. The molecule has 0 saturated heterocycles. The number of esters is 1. The third kappa shape index (κ3) is 5.77. The predicted molar refractivity (Wildman–Crippen MR) is 105 cm³/mol. The molecule has 2 rings (SSSR count). The Balaban J connectivity index is 2.06. The first-order valence-corrected chi connectivity index (χ1v) is 9.01. The summed E-state index contributed by atoms with van der Waals surface area (Å²) in [5, 5.41) is 22.1. The first-order valence-electron chi connectivity index (χ1n) is 8.63. The van der Waals surface area contributed by atoms with Crippen molar-refractivity contribution in [2.24, 2.45) is 5.92 Å². The zero-order chi connectivity index (χ0) is 21.6. The molecule has 1 amide bonds. The molecule has 1 N–H and O–H groups in total. The third-order valence-electron chi connectivity index (χ3n) is 4.08. The summed E-state index contributed by atoms with van der Waals surface area (Å²) in [6, 6.07) is 11.1. The molecule has 1 unspecified atom stereocenters. The van der Waals surface area contributed by atoms with E-state index in [1.54, 1.807) is 38.1 Å². The lowest BCUT2D eigenvalue weighted by Crippen LogP contribution is -2.45. The number of non-ortho nitro benzene ring substituents is 1. The van der Waals surface area contributed by atoms with Gasteiger partial charge in [-0.3, -0.25) is 14.9 Å². The second-order valence-corrected chi connectivity index (χ2v) is 6.94. The van der Waals surface area contributed by atoms with Crippen molar-refractivity contribution in [3.63, 3.8) is 0 Å². The van der Waals surface area contributed by atoms with Gasteiger partial charge in [0.2, 0.25) is 0 Å². The fraction of sp³-hybridized carbons (Fsp3) is 0.250. The normalized spacial score (nSPS) is 11.4. The van der Waals surface area contributed by atoms with Crippen LogP contribution in [-0.4, -0.2) is 22.8 Å². The largest absolute Gasteiger partial charge is 0.459 e. The number of hydrogen-bond donors (Lipinski definition) is 1. The summed E-state index contributed by atoms with van der Waals surface area (Å²) in [6.07, 6.45) is 0. The Hall–Kier alpha value is -3.44. The molecule has 0 aliphatic heterocycles. The monoisotopic (exact) mass is 415 g/mol. The average Bonchev–Trinajstić information content (AvgIpc) is 2.69. The first-order chi connectivity index (χ1) is 13.7. The van der Waals surface area contributed by atoms with E-state index in [9.17, 15) is 19.7 Å². The Bertz CT molecular complexity index is 967. The van der Waals surface area contributed by atoms with Crippen LogP contribution in [0.4, 0.5) is 5.69 Å². The van der Waals surface area contributed by atoms with Gasteiger partial charge in [0.05, 0.1) is 27.1 Å². The second kappa shape index (κ2) is 9.66. The van der Waals surface area contributed by atoms with Crippen LogP contribution in [0, 0.1) is 27.4 Å². The van der Waals surface area contributed by atoms with E-state index in [2.05, 4.69) is 5.32 Å². The number of benzene rings is 2. The average molecular weight is 416 g/mol. The van der Waals surface area contributed by atoms with Gasteiger partial charge in [-0.1, -0.05) is 37.6 Å². The van der Waals surface area contributed by atoms with Gasteiger partial charge >= 0.3 is 5.97 Å². The first kappa shape index (κ1) is 21.9. The van der Waals surface area contributed by atoms with Crippen LogP contribution in [0.5, 0.6) is 0 Å². The van der Waals surface area contributed by atoms with E-state index in [-0.39, 0.29) is 28.8 Å². The van der Waals surface area contributed by atoms with Crippen molar-refractivity contribution in [1.29, 1.82) is 5.26 Å². The molecule has 2 aromatic rings. The molecule has 0 aromatic heterocycles. The molecule has 150 valence electrons. The lowest BCUT2D eigenvalue weighted by Gasteiger charge is -2.21. The standard InChI is InChI=1S/C20H18ClN3O5/c1-12(2)18(20(26)29-11-14-5-3-13(10-22)4-6-14)23-19(25)16-8-7-15(24(27)28)9-17(16)21/h3-9,12,18H,11H2,1-2H3,(H,23,25). The Morgan fingerprint density at radius 2 is 1.90 bits per heavy atom. The van der Waals surface area contributed by atoms with Gasteiger partial charge in [0.25, 0.3) is 11.6 Å². The summed E-state index contributed by atoms with van der Waals surface area (Å²) in [5.74, 6) is -1.54. The van der Waals surface area contributed by atoms with E-state index < -0.39 is 22.8 Å². The number of nitriles is 1. The maximum atomic E-state index is 12.5. The van der Waals surface area contributed by atoms with Crippen molar-refractivity contribution in [1.82, 2.24) is 5.32 Å². The van der Waals surface area contributed by atoms with Gasteiger partial charge in [0, 0.05) is 12.1 Å². The Labute approximate surface area is 172 Å². The number of ether oxygens (including phenoxy) is 1. The van der Waals surface area contributed by atoms with Crippen molar-refractivity contribution < 1.29 is 19.2 Å². The maximum Gasteiger partial charge on any atom is 0.329 e. The highest BCUT2D eigenvalue weighted by molar-refractivity contribution is 6.34. The van der Waals surface area contributed by atoms with Crippen molar-refractivity contribution in [3.8, 4) is 6.07 Å². The third-order valence-corrected chi connectivity index (χ3v) is 4.39. The molecule has 0 fully saturated rings. The van der Waals surface area contributed by atoms with Crippen LogP contribution in [0.3, 0.4) is 0 Å². The molecule has 0 spiro atoms. The molecule has 2 aromatic carbocycles. The second-order valence-electron chi connectivity index (χ2n) is 6.53. The van der Waals surface area contributed by atoms with E-state index in [1.807, 2.05) is 6.07 Å². The van der Waals surface area contributed by atoms with E-state index in [0.717, 1.165) is 12.1 Å². The molecule has 0 bridgehead atoms. The SMILES string of the molecule is CC(C)C(NC(=O)c1ccc([N+](=O)[O-])cc1Cl)C(=O)OCc1ccc(C#N)cc1. The van der Waals surface area contributed by atoms with Crippen LogP contribution < -0.4 is 5.32 Å². The number of amides is 1. The topological polar surface area (TPSA) is 122 Å². The number of hydrogen-bond acceptors (Lipinski definition) is 6. The van der Waals surface area contributed by atoms with Crippen LogP contribution in [0.15, 0.2) is 42.5 Å². The van der Waals surface area contributed by atoms with Crippen molar-refractivity contribution in [3.05, 3.63) is 74.3 Å². The Morgan fingerprint density at radius 1 is 1.24 bits per heavy atom. The van der Waals surface area contributed by atoms with Crippen molar-refractivity contribution in [2.75, 3.05) is 0 Å². The minimum absolute atomic E-state index is 0.0120. The number of rotatable bonds is 7. The van der Waals surface area contributed by atoms with E-state index in [4.69, 9.17) is 21.6 Å². The highest BCUT2D eigenvalue weighted by atomic mass is 35.5. The van der Waals surface area contributed by atoms with Crippen LogP contribution in [0.25, 0.3) is 0 Å². The highest BCUT2D eigenvalue weighted by Crippen LogP contribution is 2.23. The van der Waals surface area contributed by atoms with Crippen LogP contribution >= 0.6 is 11.6 Å². The molecule has 0 aliphatic carbocycles. The minimum Gasteiger partial charge on any atom is -0.459 e. The van der Waals surface area contributed by atoms with Gasteiger partial charge in [-0.25, -0.2) is 4.79 Å². The zero-order valence-corrected chi connectivity index (χ0v) is 16.5. The van der Waals surface area contributed by atoms with Crippen molar-refractivity contribution in [2.45, 2.75) is 26.5 Å². The fourth-order valence-corrected chi connectivity index (χ4v) is 2.70. The quantitative estimate of drug-likeness (QED) is 0.418. The van der Waals surface area contributed by atoms with Gasteiger partial charge in [-0.2, -0.15) is 5.26 Å². The fourth-order valence-electron chi connectivity index (χ4n) is 2.44. The summed E-state index contributed by atoms with van der Waals surface area (Å²) in [7, 11) is 0. The number of nitro groups is 1. The number of nitro benzene ring substituents is 1. The summed E-state index contributed by atoms with van der Waals surface area (Å²) in [4.78, 5) is 35.1. The maximum absolute atomic E-state index is 12.5. The summed E-state index contributed by atoms with van der Waals surface area (Å²) in [6.45, 7) is 3.47. The van der Waals surface area contributed by atoms with Gasteiger partial charge in [-0.15, -0.1) is 0 Å². The Kier molecular flexibility index (Phi) is 7.28. The van der Waals surface area contributed by atoms with E-state index >= 15 is 0 Å². The molecule has 8 nitrogen and oxygen atoms in total. The number of nitrogens with zero attached hydrogens (tertiary/aromatic N) is 2. The molecule has 0 radical (unpaired) electrons. The predicted octanol–water partition coefficient (Wildman–Crippen LogP) is 3.62. The molecular weight excluding hydrogens is 398 g/mol. The highest BCUT2D eigenvalue weighted by Gasteiger charge is 2.27. The molecule has 0 heterocycles.